The van der Waals surface area contributed by atoms with Gasteiger partial charge in [-0.3, -0.25) is 33.7 Å². The van der Waals surface area contributed by atoms with E-state index in [1.165, 1.54) is 0 Å². The van der Waals surface area contributed by atoms with Gasteiger partial charge in [0.1, 0.15) is 37.1 Å². The van der Waals surface area contributed by atoms with Crippen molar-refractivity contribution in [3.05, 3.63) is 103 Å². The maximum absolute atomic E-state index is 14.9. The Hall–Kier alpha value is -4.40. The molecule has 3 aromatic rings. The first kappa shape index (κ1) is 55.9. The highest BCUT2D eigenvalue weighted by molar-refractivity contribution is 6.55. The van der Waals surface area contributed by atoms with Gasteiger partial charge in [0.05, 0.1) is 51.0 Å². The van der Waals surface area contributed by atoms with E-state index in [2.05, 4.69) is 6.92 Å². The topological polar surface area (TPSA) is 198 Å². The van der Waals surface area contributed by atoms with Crippen molar-refractivity contribution >= 4 is 82.1 Å². The van der Waals surface area contributed by atoms with Crippen LogP contribution in [0.1, 0.15) is 105 Å². The number of hydrogen-bond donors (Lipinski definition) is 0. The van der Waals surface area contributed by atoms with Gasteiger partial charge >= 0.3 is 23.9 Å². The summed E-state index contributed by atoms with van der Waals surface area (Å²) < 4.78 is 62.3. The second-order valence-electron chi connectivity index (χ2n) is 17.1. The lowest BCUT2D eigenvalue weighted by Crippen LogP contribution is -2.69. The van der Waals surface area contributed by atoms with Crippen molar-refractivity contribution in [1.82, 2.24) is 4.90 Å². The smallest absolute Gasteiger partial charge is 0.303 e. The molecular weight excluding hydrogens is 1010 g/mol. The summed E-state index contributed by atoms with van der Waals surface area (Å²) in [6.45, 7) is 5.78. The summed E-state index contributed by atoms with van der Waals surface area (Å²) >= 11 is 26.3. The number of rotatable bonds is 23. The van der Waals surface area contributed by atoms with Crippen molar-refractivity contribution < 1.29 is 76.1 Å². The van der Waals surface area contributed by atoms with Gasteiger partial charge in [0.25, 0.3) is 11.8 Å². The van der Waals surface area contributed by atoms with Crippen LogP contribution < -0.4 is 0 Å². The molecule has 17 nitrogen and oxygen atoms in total. The number of hydrogen-bond acceptors (Lipinski definition) is 16. The third-order valence-electron chi connectivity index (χ3n) is 11.7. The Morgan fingerprint density at radius 2 is 1.06 bits per heavy atom. The Morgan fingerprint density at radius 3 is 1.62 bits per heavy atom. The number of halogens is 4. The van der Waals surface area contributed by atoms with E-state index < -0.39 is 104 Å². The van der Waals surface area contributed by atoms with Crippen LogP contribution in [-0.2, 0) is 79.8 Å². The second kappa shape index (κ2) is 26.5. The number of esters is 4. The van der Waals surface area contributed by atoms with Crippen molar-refractivity contribution in [1.29, 1.82) is 0 Å². The highest BCUT2D eigenvalue weighted by Crippen LogP contribution is 2.47. The zero-order valence-electron chi connectivity index (χ0n) is 39.8. The Labute approximate surface area is 431 Å². The molecule has 0 N–H and O–H groups in total. The van der Waals surface area contributed by atoms with Crippen molar-refractivity contribution in [3.63, 3.8) is 0 Å². The summed E-state index contributed by atoms with van der Waals surface area (Å²) in [6.07, 6.45) is -8.18. The summed E-state index contributed by atoms with van der Waals surface area (Å²) in [5, 5.41) is -1.16. The number of imide groups is 1. The van der Waals surface area contributed by atoms with Crippen molar-refractivity contribution in [2.75, 3.05) is 19.8 Å². The molecule has 2 saturated heterocycles. The summed E-state index contributed by atoms with van der Waals surface area (Å²) in [4.78, 5) is 81.2. The number of nitrogens with zero attached hydrogens (tertiary/aromatic N) is 1. The van der Waals surface area contributed by atoms with Crippen LogP contribution in [0.5, 0.6) is 0 Å². The molecule has 3 aromatic carbocycles. The number of fused-ring (bicyclic) bond motifs is 1. The molecule has 0 saturated carbocycles. The first-order valence-electron chi connectivity index (χ1n) is 23.3. The van der Waals surface area contributed by atoms with Crippen molar-refractivity contribution in [3.8, 4) is 0 Å². The van der Waals surface area contributed by atoms with Crippen LogP contribution in [0.25, 0.3) is 0 Å². The van der Waals surface area contributed by atoms with E-state index in [9.17, 15) is 28.8 Å². The molecule has 6 rings (SSSR count). The Morgan fingerprint density at radius 1 is 0.549 bits per heavy atom. The van der Waals surface area contributed by atoms with Crippen LogP contribution in [0.4, 0.5) is 0 Å². The zero-order chi connectivity index (χ0) is 51.4. The largest absolute Gasteiger partial charge is 0.463 e. The number of amides is 2. The van der Waals surface area contributed by atoms with Crippen LogP contribution >= 0.6 is 46.4 Å². The van der Waals surface area contributed by atoms with Crippen LogP contribution in [0, 0.1) is 0 Å². The Kier molecular flexibility index (Phi) is 20.9. The molecule has 0 bridgehead atoms. The van der Waals surface area contributed by atoms with E-state index in [1.54, 1.807) is 24.3 Å². The average Bonchev–Trinajstić information content (AvgIpc) is 3.59. The molecule has 0 aliphatic carbocycles. The normalized spacial score (nSPS) is 25.1. The molecule has 2 fully saturated rings. The predicted molar refractivity (Wildman–Crippen MR) is 257 cm³/mol. The molecule has 386 valence electrons. The fourth-order valence-corrected chi connectivity index (χ4v) is 9.61. The first-order valence-corrected chi connectivity index (χ1v) is 24.8. The quantitative estimate of drug-likeness (QED) is 0.0218. The van der Waals surface area contributed by atoms with E-state index in [0.29, 0.717) is 12.0 Å². The molecule has 0 radical (unpaired) electrons. The number of carbonyl (C=O) groups excluding carboxylic acids is 6. The minimum Gasteiger partial charge on any atom is -0.463 e. The highest BCUT2D eigenvalue weighted by Gasteiger charge is 2.60. The first-order chi connectivity index (χ1) is 34.0. The molecule has 0 aromatic heterocycles. The van der Waals surface area contributed by atoms with Crippen molar-refractivity contribution in [2.24, 2.45) is 0 Å². The summed E-state index contributed by atoms with van der Waals surface area (Å²) in [6, 6.07) is 16.7. The fraction of sp³-hybridized carbons (Fsp3) is 0.520. The van der Waals surface area contributed by atoms with E-state index >= 15 is 0 Å². The van der Waals surface area contributed by atoms with Gasteiger partial charge in [-0.1, -0.05) is 146 Å². The minimum absolute atomic E-state index is 0.0889. The third-order valence-corrected chi connectivity index (χ3v) is 13.5. The number of ether oxygens (including phenoxy) is 10. The third kappa shape index (κ3) is 14.2. The molecule has 3 aliphatic rings. The number of benzene rings is 3. The second-order valence-corrected chi connectivity index (χ2v) is 18.6. The summed E-state index contributed by atoms with van der Waals surface area (Å²) in [5.74, 6) is -5.20. The lowest BCUT2D eigenvalue weighted by atomic mass is 9.93. The van der Waals surface area contributed by atoms with E-state index in [1.807, 2.05) is 36.4 Å². The molecule has 2 amide bonds. The summed E-state index contributed by atoms with van der Waals surface area (Å²) in [7, 11) is 0. The monoisotopic (exact) mass is 1070 g/mol. The van der Waals surface area contributed by atoms with Gasteiger partial charge in [-0.15, -0.1) is 0 Å². The van der Waals surface area contributed by atoms with Gasteiger partial charge in [0.15, 0.2) is 30.9 Å². The van der Waals surface area contributed by atoms with Crippen molar-refractivity contribution in [2.45, 2.75) is 148 Å². The van der Waals surface area contributed by atoms with E-state index in [4.69, 9.17) is 93.8 Å². The van der Waals surface area contributed by atoms with Gasteiger partial charge < -0.3 is 47.4 Å². The number of carbonyl (C=O) groups is 6. The lowest BCUT2D eigenvalue weighted by molar-refractivity contribution is -0.357. The van der Waals surface area contributed by atoms with Crippen LogP contribution in [0.2, 0.25) is 20.1 Å². The van der Waals surface area contributed by atoms with Gasteiger partial charge in [-0.05, 0) is 17.5 Å². The number of unbranched alkanes of at least 4 members (excludes halogenated alkanes) is 5. The van der Waals surface area contributed by atoms with Crippen LogP contribution in [0.3, 0.4) is 0 Å². The molecule has 71 heavy (non-hydrogen) atoms. The van der Waals surface area contributed by atoms with Crippen LogP contribution in [-0.4, -0.2) is 122 Å². The average molecular weight is 1070 g/mol. The van der Waals surface area contributed by atoms with Gasteiger partial charge in [-0.2, -0.15) is 0 Å². The Bertz CT molecular complexity index is 2300. The van der Waals surface area contributed by atoms with E-state index in [0.717, 1.165) is 70.3 Å². The predicted octanol–water partition coefficient (Wildman–Crippen LogP) is 8.64. The zero-order valence-corrected chi connectivity index (χ0v) is 42.8. The molecule has 3 heterocycles. The van der Waals surface area contributed by atoms with Gasteiger partial charge in [0, 0.05) is 34.3 Å². The highest BCUT2D eigenvalue weighted by atomic mass is 35.5. The molecule has 10 atom stereocenters. The summed E-state index contributed by atoms with van der Waals surface area (Å²) in [5.41, 5.74) is 0.830. The van der Waals surface area contributed by atoms with E-state index in [-0.39, 0.29) is 57.6 Å². The molecule has 3 aliphatic heterocycles. The maximum atomic E-state index is 14.9. The molecule has 0 unspecified atom stereocenters. The van der Waals surface area contributed by atoms with Crippen LogP contribution in [0.15, 0.2) is 60.7 Å². The van der Waals surface area contributed by atoms with Gasteiger partial charge in [-0.25, -0.2) is 0 Å². The molecular formula is C50H57Cl4NO16. The van der Waals surface area contributed by atoms with Gasteiger partial charge in [0.2, 0.25) is 0 Å². The lowest BCUT2D eigenvalue weighted by Gasteiger charge is -2.50. The maximum Gasteiger partial charge on any atom is 0.303 e. The molecule has 0 spiro atoms. The fourth-order valence-electron chi connectivity index (χ4n) is 8.60. The minimum atomic E-state index is -1.78. The standard InChI is InChI=1S/C50H57Cl4NO16/c1-6-7-8-9-10-17-22-63-49-41(55-47(60)35-36(48(55)61)38(52)40(54)39(53)37(35)51)44(65-24-32-20-15-12-16-21-32)42(33(69-49)25-62-23-31-18-13-11-14-19-31)71-50-46(68-30(5)59)45(67-29(4)58)43(66-28(3)57)34(70-50)26-64-27(2)56/h11-16,18-21,33-34,41-46,49-50H,6-10,17,22-26H2,1-5H3/t33-,34-,41-,42-,43+,44-,45+,46-,49-,50+/m1/s1. The Balaban J connectivity index is 1.51. The SMILES string of the molecule is CCCCCCCCO[C@@H]1O[C@H](COCc2ccccc2)[C@@H](O[C@@H]2O[C@H](COC(C)=O)[C@H](OC(C)=O)[C@H](OC(C)=O)[C@H]2OC(C)=O)[C@H](OCc2ccccc2)[C@H]1N1C(=O)c2c(Cl)c(Cl)c(Cl)c(Cl)c2C1=O. The molecule has 21 heteroatoms.